The van der Waals surface area contributed by atoms with E-state index in [0.29, 0.717) is 6.08 Å². The minimum atomic E-state index is -3.02. The van der Waals surface area contributed by atoms with Crippen LogP contribution < -0.4 is 0 Å². The summed E-state index contributed by atoms with van der Waals surface area (Å²) >= 11 is 0. The van der Waals surface area contributed by atoms with Crippen molar-refractivity contribution in [3.05, 3.63) is 11.6 Å². The van der Waals surface area contributed by atoms with Gasteiger partial charge in [0.2, 0.25) is 17.3 Å². The Morgan fingerprint density at radius 2 is 1.95 bits per heavy atom. The van der Waals surface area contributed by atoms with Gasteiger partial charge in [0.05, 0.1) is 18.6 Å². The molecule has 1 saturated heterocycles. The summed E-state index contributed by atoms with van der Waals surface area (Å²) in [4.78, 5) is 46.2. The third-order valence-electron chi connectivity index (χ3n) is 3.32. The van der Waals surface area contributed by atoms with Gasteiger partial charge < -0.3 is 25.2 Å². The molecular weight excluding hydrogens is 288 g/mol. The van der Waals surface area contributed by atoms with Crippen LogP contribution in [0.1, 0.15) is 6.42 Å². The molecule has 1 aliphatic heterocycles. The van der Waals surface area contributed by atoms with Crippen molar-refractivity contribution in [2.24, 2.45) is 0 Å². The van der Waals surface area contributed by atoms with Gasteiger partial charge in [-0.25, -0.2) is 0 Å². The van der Waals surface area contributed by atoms with E-state index in [1.165, 1.54) is 0 Å². The normalized spacial score (nSPS) is 36.9. The monoisotopic (exact) mass is 300 g/mol. The van der Waals surface area contributed by atoms with Crippen molar-refractivity contribution in [1.82, 2.24) is 0 Å². The molecule has 1 heterocycles. The van der Waals surface area contributed by atoms with E-state index in [9.17, 15) is 34.5 Å². The lowest BCUT2D eigenvalue weighted by Gasteiger charge is -2.25. The van der Waals surface area contributed by atoms with Gasteiger partial charge in [0.1, 0.15) is 18.3 Å². The van der Waals surface area contributed by atoms with E-state index in [0.717, 1.165) is 0 Å². The quantitative estimate of drug-likeness (QED) is 0.234. The molecule has 0 aromatic heterocycles. The summed E-state index contributed by atoms with van der Waals surface area (Å²) in [7, 11) is 0. The number of hydrogen-bond donors (Lipinski definition) is 4. The van der Waals surface area contributed by atoms with E-state index in [4.69, 9.17) is 9.84 Å². The summed E-state index contributed by atoms with van der Waals surface area (Å²) in [6.45, 7) is -0.807. The number of aliphatic hydroxyl groups excluding tert-OH is 3. The van der Waals surface area contributed by atoms with Crippen molar-refractivity contribution < 1.29 is 44.3 Å². The number of allylic oxidation sites excluding steroid dienone is 1. The molecule has 0 spiro atoms. The van der Waals surface area contributed by atoms with E-state index < -0.39 is 65.8 Å². The number of carbonyl (C=O) groups is 4. The Hall–Kier alpha value is -1.78. The minimum absolute atomic E-state index is 0.582. The van der Waals surface area contributed by atoms with Gasteiger partial charge in [0, 0.05) is 0 Å². The summed E-state index contributed by atoms with van der Waals surface area (Å²) in [6.07, 6.45) is -5.49. The average Bonchev–Trinajstić information content (AvgIpc) is 2.67. The lowest BCUT2D eigenvalue weighted by atomic mass is 9.88. The van der Waals surface area contributed by atoms with E-state index in [1.54, 1.807) is 0 Å². The molecule has 0 aromatic rings. The maximum atomic E-state index is 12.1. The molecule has 0 unspecified atom stereocenters. The first-order chi connectivity index (χ1) is 9.72. The number of Topliss-reactive ketones (excluding diaryl/α,β-unsaturated/α-hetero) is 3. The maximum absolute atomic E-state index is 12.1. The number of ether oxygens (including phenoxy) is 1. The fourth-order valence-electron chi connectivity index (χ4n) is 2.17. The molecule has 2 aliphatic rings. The summed E-state index contributed by atoms with van der Waals surface area (Å²) in [5, 5.41) is 38.1. The minimum Gasteiger partial charge on any atom is -0.394 e. The van der Waals surface area contributed by atoms with E-state index in [1.807, 2.05) is 0 Å². The molecule has 0 aromatic carbocycles. The Kier molecular flexibility index (Phi) is 3.87. The van der Waals surface area contributed by atoms with Crippen LogP contribution >= 0.6 is 0 Å². The number of ketones is 4. The van der Waals surface area contributed by atoms with Crippen molar-refractivity contribution in [3.8, 4) is 0 Å². The Morgan fingerprint density at radius 1 is 1.33 bits per heavy atom. The fraction of sp³-hybridized carbons (Fsp3) is 0.500. The molecule has 0 saturated carbocycles. The van der Waals surface area contributed by atoms with Crippen LogP contribution in [0.2, 0.25) is 0 Å². The van der Waals surface area contributed by atoms with Crippen LogP contribution in [0.25, 0.3) is 0 Å². The van der Waals surface area contributed by atoms with E-state index >= 15 is 0 Å². The topological polar surface area (TPSA) is 158 Å². The molecule has 1 fully saturated rings. The molecule has 1 aliphatic carbocycles. The molecule has 9 heteroatoms. The number of hydrogen-bond acceptors (Lipinski definition) is 9. The van der Waals surface area contributed by atoms with Crippen LogP contribution in [-0.4, -0.2) is 74.3 Å². The number of rotatable bonds is 3. The molecule has 0 bridgehead atoms. The van der Waals surface area contributed by atoms with Crippen LogP contribution in [0.4, 0.5) is 0 Å². The second kappa shape index (κ2) is 5.20. The maximum Gasteiger partial charge on any atom is 0.261 e. The second-order valence-electron chi connectivity index (χ2n) is 4.75. The van der Waals surface area contributed by atoms with Gasteiger partial charge >= 0.3 is 0 Å². The average molecular weight is 300 g/mol. The van der Waals surface area contributed by atoms with E-state index in [2.05, 4.69) is 0 Å². The molecule has 4 atom stereocenters. The largest absolute Gasteiger partial charge is 0.394 e. The molecule has 114 valence electrons. The van der Waals surface area contributed by atoms with Crippen LogP contribution in [0.5, 0.6) is 0 Å². The van der Waals surface area contributed by atoms with Crippen molar-refractivity contribution in [2.75, 3.05) is 6.61 Å². The van der Waals surface area contributed by atoms with Crippen molar-refractivity contribution in [1.29, 1.82) is 0 Å². The number of aliphatic hydroxyl groups is 4. The van der Waals surface area contributed by atoms with Crippen LogP contribution in [0.3, 0.4) is 0 Å². The van der Waals surface area contributed by atoms with Gasteiger partial charge in [-0.3, -0.25) is 19.2 Å². The Balaban J connectivity index is 2.38. The smallest absolute Gasteiger partial charge is 0.261 e. The van der Waals surface area contributed by atoms with Gasteiger partial charge in [-0.05, 0) is 6.08 Å². The van der Waals surface area contributed by atoms with Crippen LogP contribution in [0, 0.1) is 0 Å². The van der Waals surface area contributed by atoms with Crippen LogP contribution in [0.15, 0.2) is 11.6 Å². The highest BCUT2D eigenvalue weighted by Crippen LogP contribution is 2.32. The molecule has 0 amide bonds. The first kappa shape index (κ1) is 15.6. The zero-order valence-corrected chi connectivity index (χ0v) is 10.6. The SMILES string of the molecule is O=C1C=C(C(=O)[C@@]2(O)O[C@@H](CO)[C@H](O)[C@H]2O)C(=O)C(=O)C1. The highest BCUT2D eigenvalue weighted by atomic mass is 16.7. The highest BCUT2D eigenvalue weighted by molar-refractivity contribution is 6.55. The van der Waals surface area contributed by atoms with Gasteiger partial charge in [-0.2, -0.15) is 0 Å². The summed E-state index contributed by atoms with van der Waals surface area (Å²) in [5.41, 5.74) is -0.927. The lowest BCUT2D eigenvalue weighted by Crippen LogP contribution is -2.52. The molecule has 0 radical (unpaired) electrons. The predicted octanol–water partition coefficient (Wildman–Crippen LogP) is -3.61. The zero-order chi connectivity index (χ0) is 15.9. The highest BCUT2D eigenvalue weighted by Gasteiger charge is 2.59. The molecule has 4 N–H and O–H groups in total. The first-order valence-corrected chi connectivity index (χ1v) is 5.96. The Bertz CT molecular complexity index is 563. The van der Waals surface area contributed by atoms with Gasteiger partial charge in [-0.15, -0.1) is 0 Å². The van der Waals surface area contributed by atoms with Gasteiger partial charge in [0.25, 0.3) is 5.79 Å². The summed E-state index contributed by atoms with van der Waals surface area (Å²) < 4.78 is 4.70. The zero-order valence-electron chi connectivity index (χ0n) is 10.6. The van der Waals surface area contributed by atoms with Gasteiger partial charge in [-0.1, -0.05) is 0 Å². The molecular formula is C12H12O9. The second-order valence-corrected chi connectivity index (χ2v) is 4.75. The predicted molar refractivity (Wildman–Crippen MR) is 61.7 cm³/mol. The van der Waals surface area contributed by atoms with Crippen molar-refractivity contribution in [3.63, 3.8) is 0 Å². The van der Waals surface area contributed by atoms with Crippen molar-refractivity contribution in [2.45, 2.75) is 30.5 Å². The van der Waals surface area contributed by atoms with E-state index in [-0.39, 0.29) is 0 Å². The Labute approximate surface area is 117 Å². The first-order valence-electron chi connectivity index (χ1n) is 5.96. The third-order valence-corrected chi connectivity index (χ3v) is 3.32. The number of carbonyl (C=O) groups excluding carboxylic acids is 4. The fourth-order valence-corrected chi connectivity index (χ4v) is 2.17. The Morgan fingerprint density at radius 3 is 2.48 bits per heavy atom. The van der Waals surface area contributed by atoms with Gasteiger partial charge in [0.15, 0.2) is 5.78 Å². The summed E-state index contributed by atoms with van der Waals surface area (Å²) in [5.74, 6) is -7.76. The summed E-state index contributed by atoms with van der Waals surface area (Å²) in [6, 6.07) is 0. The molecule has 9 nitrogen and oxygen atoms in total. The standard InChI is InChI=1S/C12H12O9/c13-3-7-9(17)11(19)12(20,21-7)10(18)5-1-4(14)2-6(15)8(5)16/h1,7,9,11,13,17,19-20H,2-3H2/t7-,9-,11+,12+/m0/s1. The molecule has 2 rings (SSSR count). The van der Waals surface area contributed by atoms with Crippen LogP contribution in [-0.2, 0) is 23.9 Å². The lowest BCUT2D eigenvalue weighted by molar-refractivity contribution is -0.220. The third kappa shape index (κ3) is 2.34. The molecule has 21 heavy (non-hydrogen) atoms. The van der Waals surface area contributed by atoms with Crippen molar-refractivity contribution >= 4 is 23.1 Å².